The minimum absolute atomic E-state index is 0.150. The molecule has 7 heteroatoms. The Kier molecular flexibility index (Phi) is 3.14. The molecule has 7 nitrogen and oxygen atoms in total. The number of hydrogen-bond acceptors (Lipinski definition) is 5. The Morgan fingerprint density at radius 2 is 2.24 bits per heavy atom. The highest BCUT2D eigenvalue weighted by Gasteiger charge is 2.35. The number of carbonyl (C=O) groups is 1. The monoisotopic (exact) mass is 242 g/mol. The Hall–Kier alpha value is -1.44. The van der Waals surface area contributed by atoms with Crippen LogP contribution in [0, 0.1) is 0 Å². The van der Waals surface area contributed by atoms with Crippen LogP contribution in [0.25, 0.3) is 0 Å². The Balaban J connectivity index is 2.32. The van der Waals surface area contributed by atoms with E-state index in [-0.39, 0.29) is 19.4 Å². The molecule has 1 aromatic rings. The molecule has 94 valence electrons. The number of imidazole rings is 1. The minimum Gasteiger partial charge on any atom is -0.481 e. The zero-order valence-corrected chi connectivity index (χ0v) is 9.02. The molecule has 0 radical (unpaired) electrons. The van der Waals surface area contributed by atoms with E-state index in [0.29, 0.717) is 11.5 Å². The van der Waals surface area contributed by atoms with Gasteiger partial charge in [0.05, 0.1) is 30.9 Å². The van der Waals surface area contributed by atoms with Gasteiger partial charge in [-0.1, -0.05) is 0 Å². The number of rotatable bonds is 3. The van der Waals surface area contributed by atoms with E-state index in [0.717, 1.165) is 0 Å². The molecule has 1 aromatic heterocycles. The number of hydrogen-bond donors (Lipinski definition) is 4. The van der Waals surface area contributed by atoms with Crippen LogP contribution in [0.2, 0.25) is 0 Å². The second-order valence-electron chi connectivity index (χ2n) is 4.14. The van der Waals surface area contributed by atoms with Crippen molar-refractivity contribution in [2.45, 2.75) is 31.1 Å². The van der Waals surface area contributed by atoms with E-state index in [4.69, 9.17) is 5.11 Å². The molecular formula is C10H14N2O5. The predicted octanol–water partition coefficient (Wildman–Crippen LogP) is -1.68. The highest BCUT2D eigenvalue weighted by atomic mass is 16.4. The SMILES string of the molecule is O=C(O)Cc1cn2c(n1)CC(O)[C@@H](O)[C@H]2CO. The zero-order chi connectivity index (χ0) is 12.6. The maximum absolute atomic E-state index is 10.6. The molecule has 2 rings (SSSR count). The van der Waals surface area contributed by atoms with Gasteiger partial charge in [-0.3, -0.25) is 4.79 Å². The average molecular weight is 242 g/mol. The number of carboxylic acid groups (broad SMARTS) is 1. The number of carboxylic acids is 1. The van der Waals surface area contributed by atoms with Crippen LogP contribution in [0.15, 0.2) is 6.20 Å². The van der Waals surface area contributed by atoms with Crippen molar-refractivity contribution in [2.75, 3.05) is 6.61 Å². The molecule has 0 aromatic carbocycles. The Morgan fingerprint density at radius 1 is 1.53 bits per heavy atom. The van der Waals surface area contributed by atoms with E-state index < -0.39 is 24.2 Å². The van der Waals surface area contributed by atoms with Gasteiger partial charge in [0.15, 0.2) is 0 Å². The molecule has 17 heavy (non-hydrogen) atoms. The van der Waals surface area contributed by atoms with Gasteiger partial charge in [0, 0.05) is 12.6 Å². The second kappa shape index (κ2) is 4.44. The highest BCUT2D eigenvalue weighted by molar-refractivity contribution is 5.69. The van der Waals surface area contributed by atoms with Crippen molar-refractivity contribution in [1.82, 2.24) is 9.55 Å². The quantitative estimate of drug-likeness (QED) is 0.503. The molecule has 0 spiro atoms. The zero-order valence-electron chi connectivity index (χ0n) is 9.02. The summed E-state index contributed by atoms with van der Waals surface area (Å²) in [6.45, 7) is -0.339. The van der Waals surface area contributed by atoms with E-state index >= 15 is 0 Å². The molecule has 0 saturated carbocycles. The first kappa shape index (κ1) is 12.0. The van der Waals surface area contributed by atoms with Gasteiger partial charge in [-0.25, -0.2) is 4.98 Å². The third kappa shape index (κ3) is 2.17. The number of aliphatic hydroxyl groups is 3. The fourth-order valence-corrected chi connectivity index (χ4v) is 2.09. The van der Waals surface area contributed by atoms with Crippen molar-refractivity contribution in [2.24, 2.45) is 0 Å². The smallest absolute Gasteiger partial charge is 0.309 e. The van der Waals surface area contributed by atoms with E-state index in [2.05, 4.69) is 4.98 Å². The third-order valence-electron chi connectivity index (χ3n) is 2.92. The maximum atomic E-state index is 10.6. The average Bonchev–Trinajstić information content (AvgIpc) is 2.60. The van der Waals surface area contributed by atoms with Gasteiger partial charge in [-0.15, -0.1) is 0 Å². The topological polar surface area (TPSA) is 116 Å². The summed E-state index contributed by atoms with van der Waals surface area (Å²) in [5.74, 6) is -0.514. The molecule has 1 unspecified atom stereocenters. The maximum Gasteiger partial charge on any atom is 0.309 e. The molecular weight excluding hydrogens is 228 g/mol. The van der Waals surface area contributed by atoms with E-state index in [1.165, 1.54) is 10.8 Å². The molecule has 2 heterocycles. The van der Waals surface area contributed by atoms with E-state index in [1.807, 2.05) is 0 Å². The lowest BCUT2D eigenvalue weighted by Crippen LogP contribution is -2.43. The van der Waals surface area contributed by atoms with Gasteiger partial charge in [-0.05, 0) is 0 Å². The lowest BCUT2D eigenvalue weighted by molar-refractivity contribution is -0.136. The van der Waals surface area contributed by atoms with Crippen molar-refractivity contribution in [3.8, 4) is 0 Å². The molecule has 0 amide bonds. The lowest BCUT2D eigenvalue weighted by Gasteiger charge is -2.32. The first-order chi connectivity index (χ1) is 8.02. The largest absolute Gasteiger partial charge is 0.481 e. The minimum atomic E-state index is -1.07. The van der Waals surface area contributed by atoms with Gasteiger partial charge < -0.3 is 25.0 Å². The third-order valence-corrected chi connectivity index (χ3v) is 2.92. The van der Waals surface area contributed by atoms with Crippen LogP contribution in [0.1, 0.15) is 17.6 Å². The number of aliphatic carboxylic acids is 1. The molecule has 0 bridgehead atoms. The van der Waals surface area contributed by atoms with Crippen LogP contribution >= 0.6 is 0 Å². The predicted molar refractivity (Wildman–Crippen MR) is 55.4 cm³/mol. The summed E-state index contributed by atoms with van der Waals surface area (Å²) in [6.07, 6.45) is -0.625. The molecule has 4 N–H and O–H groups in total. The molecule has 3 atom stereocenters. The van der Waals surface area contributed by atoms with Crippen LogP contribution in [0.5, 0.6) is 0 Å². The number of aliphatic hydroxyl groups excluding tert-OH is 3. The summed E-state index contributed by atoms with van der Waals surface area (Å²) in [5, 5.41) is 37.1. The van der Waals surface area contributed by atoms with Crippen LogP contribution in [-0.2, 0) is 17.6 Å². The van der Waals surface area contributed by atoms with Gasteiger partial charge in [0.1, 0.15) is 11.9 Å². The number of nitrogens with zero attached hydrogens (tertiary/aromatic N) is 2. The molecule has 0 aliphatic carbocycles. The van der Waals surface area contributed by atoms with Crippen molar-refractivity contribution in [1.29, 1.82) is 0 Å². The van der Waals surface area contributed by atoms with E-state index in [9.17, 15) is 20.1 Å². The fraction of sp³-hybridized carbons (Fsp3) is 0.600. The Morgan fingerprint density at radius 3 is 2.82 bits per heavy atom. The molecule has 1 aliphatic heterocycles. The summed E-state index contributed by atoms with van der Waals surface area (Å²) >= 11 is 0. The summed E-state index contributed by atoms with van der Waals surface area (Å²) in [5.41, 5.74) is 0.354. The Bertz CT molecular complexity index is 430. The molecule has 1 aliphatic rings. The summed E-state index contributed by atoms with van der Waals surface area (Å²) in [4.78, 5) is 14.6. The molecule has 0 fully saturated rings. The van der Waals surface area contributed by atoms with Crippen LogP contribution in [0.4, 0.5) is 0 Å². The lowest BCUT2D eigenvalue weighted by atomic mass is 9.99. The van der Waals surface area contributed by atoms with Crippen LogP contribution in [0.3, 0.4) is 0 Å². The standard InChI is InChI=1S/C10H14N2O5/c13-4-6-10(17)7(14)2-8-11-5(1-9(15)16)3-12(6)8/h3,6-7,10,13-14,17H,1-2,4H2,(H,15,16)/t6-,7?,10+/m1/s1. The van der Waals surface area contributed by atoms with Crippen molar-refractivity contribution in [3.05, 3.63) is 17.7 Å². The second-order valence-corrected chi connectivity index (χ2v) is 4.14. The van der Waals surface area contributed by atoms with Gasteiger partial charge in [0.2, 0.25) is 0 Å². The fourth-order valence-electron chi connectivity index (χ4n) is 2.09. The Labute approximate surface area is 97.0 Å². The summed E-state index contributed by atoms with van der Waals surface area (Å²) in [7, 11) is 0. The first-order valence-corrected chi connectivity index (χ1v) is 5.28. The van der Waals surface area contributed by atoms with Crippen molar-refractivity contribution >= 4 is 5.97 Å². The highest BCUT2D eigenvalue weighted by Crippen LogP contribution is 2.25. The van der Waals surface area contributed by atoms with Crippen LogP contribution < -0.4 is 0 Å². The van der Waals surface area contributed by atoms with Gasteiger partial charge >= 0.3 is 5.97 Å². The normalized spacial score (nSPS) is 27.8. The first-order valence-electron chi connectivity index (χ1n) is 5.28. The van der Waals surface area contributed by atoms with Crippen molar-refractivity contribution in [3.63, 3.8) is 0 Å². The van der Waals surface area contributed by atoms with Crippen molar-refractivity contribution < 1.29 is 25.2 Å². The summed E-state index contributed by atoms with van der Waals surface area (Å²) in [6, 6.07) is -0.677. The van der Waals surface area contributed by atoms with Gasteiger partial charge in [0.25, 0.3) is 0 Å². The molecule has 0 saturated heterocycles. The van der Waals surface area contributed by atoms with Gasteiger partial charge in [-0.2, -0.15) is 0 Å². The summed E-state index contributed by atoms with van der Waals surface area (Å²) < 4.78 is 1.54. The van der Waals surface area contributed by atoms with E-state index in [1.54, 1.807) is 0 Å². The number of aromatic nitrogens is 2. The van der Waals surface area contributed by atoms with Crippen LogP contribution in [-0.4, -0.2) is 54.8 Å². The number of fused-ring (bicyclic) bond motifs is 1.